The molecule has 0 aromatic rings. The predicted molar refractivity (Wildman–Crippen MR) is 54.1 cm³/mol. The van der Waals surface area contributed by atoms with Gasteiger partial charge in [0, 0.05) is 12.8 Å². The van der Waals surface area contributed by atoms with Crippen molar-refractivity contribution in [1.82, 2.24) is 0 Å². The number of ether oxygens (including phenoxy) is 1. The number of hydrogen-bond acceptors (Lipinski definition) is 6. The highest BCUT2D eigenvalue weighted by atomic mass is 31.2. The zero-order valence-electron chi connectivity index (χ0n) is 8.72. The lowest BCUT2D eigenvalue weighted by molar-refractivity contribution is -0.144. The summed E-state index contributed by atoms with van der Waals surface area (Å²) in [5.74, 6) is -0.515. The van der Waals surface area contributed by atoms with Gasteiger partial charge in [0.05, 0.1) is 26.2 Å². The fourth-order valence-electron chi connectivity index (χ4n) is 0.825. The van der Waals surface area contributed by atoms with E-state index in [0.717, 1.165) is 0 Å². The molecule has 0 rings (SSSR count). The van der Waals surface area contributed by atoms with Crippen LogP contribution in [0.4, 0.5) is 0 Å². The molecular formula is C8H17O6P. The molecule has 15 heavy (non-hydrogen) atoms. The summed E-state index contributed by atoms with van der Waals surface area (Å²) >= 11 is 0. The number of aliphatic hydroxyl groups is 2. The topological polar surface area (TPSA) is 93.1 Å². The van der Waals surface area contributed by atoms with E-state index in [-0.39, 0.29) is 39.0 Å². The van der Waals surface area contributed by atoms with Crippen LogP contribution in [0.3, 0.4) is 0 Å². The van der Waals surface area contributed by atoms with Crippen LogP contribution >= 0.6 is 7.37 Å². The van der Waals surface area contributed by atoms with Gasteiger partial charge in [0.25, 0.3) is 0 Å². The summed E-state index contributed by atoms with van der Waals surface area (Å²) in [6, 6.07) is 0. The van der Waals surface area contributed by atoms with Gasteiger partial charge in [-0.1, -0.05) is 0 Å². The first kappa shape index (κ1) is 14.6. The van der Waals surface area contributed by atoms with Crippen LogP contribution in [0, 0.1) is 0 Å². The second-order valence-electron chi connectivity index (χ2n) is 2.99. The van der Waals surface area contributed by atoms with Gasteiger partial charge >= 0.3 is 5.97 Å². The van der Waals surface area contributed by atoms with Crippen molar-refractivity contribution in [3.8, 4) is 0 Å². The quantitative estimate of drug-likeness (QED) is 0.452. The van der Waals surface area contributed by atoms with Gasteiger partial charge in [-0.15, -0.1) is 0 Å². The van der Waals surface area contributed by atoms with Crippen LogP contribution in [0.25, 0.3) is 0 Å². The molecule has 0 spiro atoms. The molecule has 0 saturated carbocycles. The molecule has 7 heteroatoms. The molecule has 0 bridgehead atoms. The Bertz CT molecular complexity index is 229. The summed E-state index contributed by atoms with van der Waals surface area (Å²) in [7, 11) is -2.82. The van der Waals surface area contributed by atoms with Gasteiger partial charge < -0.3 is 19.5 Å². The van der Waals surface area contributed by atoms with Crippen molar-refractivity contribution in [2.24, 2.45) is 0 Å². The molecule has 0 aliphatic carbocycles. The second kappa shape index (κ2) is 7.82. The minimum absolute atomic E-state index is 0.000530. The molecule has 0 unspecified atom stereocenters. The van der Waals surface area contributed by atoms with Crippen molar-refractivity contribution < 1.29 is 28.8 Å². The molecular weight excluding hydrogens is 223 g/mol. The molecule has 0 saturated heterocycles. The molecule has 0 aromatic heterocycles. The summed E-state index contributed by atoms with van der Waals surface area (Å²) in [5.41, 5.74) is 0. The molecule has 1 atom stereocenters. The second-order valence-corrected chi connectivity index (χ2v) is 5.72. The fraction of sp³-hybridized carbons (Fsp3) is 0.875. The first-order valence-electron chi connectivity index (χ1n) is 4.60. The number of hydrogen-bond donors (Lipinski definition) is 2. The maximum atomic E-state index is 11.6. The molecule has 90 valence electrons. The van der Waals surface area contributed by atoms with E-state index >= 15 is 0 Å². The number of esters is 1. The van der Waals surface area contributed by atoms with Gasteiger partial charge in [-0.2, -0.15) is 0 Å². The van der Waals surface area contributed by atoms with Crippen LogP contribution in [-0.2, 0) is 18.6 Å². The summed E-state index contributed by atoms with van der Waals surface area (Å²) < 4.78 is 21.0. The molecule has 0 radical (unpaired) electrons. The maximum Gasteiger partial charge on any atom is 0.306 e. The van der Waals surface area contributed by atoms with E-state index in [1.165, 1.54) is 6.66 Å². The Morgan fingerprint density at radius 3 is 2.40 bits per heavy atom. The molecule has 0 aliphatic rings. The van der Waals surface area contributed by atoms with E-state index in [1.807, 2.05) is 0 Å². The fourth-order valence-corrected chi connectivity index (χ4v) is 2.01. The first-order chi connectivity index (χ1) is 7.02. The van der Waals surface area contributed by atoms with Crippen LogP contribution in [-0.4, -0.2) is 55.4 Å². The lowest BCUT2D eigenvalue weighted by Gasteiger charge is -2.12. The summed E-state index contributed by atoms with van der Waals surface area (Å²) in [4.78, 5) is 11.0. The van der Waals surface area contributed by atoms with E-state index in [2.05, 4.69) is 4.74 Å². The van der Waals surface area contributed by atoms with Gasteiger partial charge in [0.1, 0.15) is 6.61 Å². The van der Waals surface area contributed by atoms with Crippen LogP contribution < -0.4 is 0 Å². The molecule has 2 N–H and O–H groups in total. The number of carbonyl (C=O) groups is 1. The lowest BCUT2D eigenvalue weighted by Crippen LogP contribution is -2.10. The maximum absolute atomic E-state index is 11.6. The third-order valence-corrected chi connectivity index (χ3v) is 3.30. The van der Waals surface area contributed by atoms with Gasteiger partial charge in [-0.3, -0.25) is 9.36 Å². The number of carbonyl (C=O) groups excluding carboxylic acids is 1. The molecule has 0 amide bonds. The van der Waals surface area contributed by atoms with Crippen molar-refractivity contribution in [3.05, 3.63) is 0 Å². The Labute approximate surface area is 88.6 Å². The number of aliphatic hydroxyl groups excluding tert-OH is 2. The standard InChI is InChI=1S/C8H17O6P/c1-15(12,14-6-4-10)7-2-8(11)13-5-3-9/h9-10H,2-7H2,1H3/t15-/m1/s1. The molecule has 0 aliphatic heterocycles. The Kier molecular flexibility index (Phi) is 7.60. The molecule has 0 aromatic carbocycles. The SMILES string of the molecule is C[P@](=O)(CCC(=O)OCCO)OCCO. The minimum Gasteiger partial charge on any atom is -0.463 e. The Morgan fingerprint density at radius 1 is 1.27 bits per heavy atom. The zero-order chi connectivity index (χ0) is 11.7. The van der Waals surface area contributed by atoms with Crippen LogP contribution in [0.2, 0.25) is 0 Å². The smallest absolute Gasteiger partial charge is 0.306 e. The third-order valence-electron chi connectivity index (χ3n) is 1.53. The predicted octanol–water partition coefficient (Wildman–Crippen LogP) is -0.171. The van der Waals surface area contributed by atoms with E-state index in [1.54, 1.807) is 0 Å². The summed E-state index contributed by atoms with van der Waals surface area (Å²) in [6.07, 6.45) is 0.0659. The highest BCUT2D eigenvalue weighted by Crippen LogP contribution is 2.42. The van der Waals surface area contributed by atoms with Crippen molar-refractivity contribution in [3.63, 3.8) is 0 Å². The van der Waals surface area contributed by atoms with Gasteiger partial charge in [-0.25, -0.2) is 0 Å². The van der Waals surface area contributed by atoms with E-state index < -0.39 is 13.3 Å². The monoisotopic (exact) mass is 240 g/mol. The average molecular weight is 240 g/mol. The Morgan fingerprint density at radius 2 is 1.87 bits per heavy atom. The van der Waals surface area contributed by atoms with Crippen LogP contribution in [0.5, 0.6) is 0 Å². The van der Waals surface area contributed by atoms with Crippen molar-refractivity contribution >= 4 is 13.3 Å². The average Bonchev–Trinajstić information content (AvgIpc) is 2.21. The molecule has 0 heterocycles. The van der Waals surface area contributed by atoms with Crippen LogP contribution in [0.1, 0.15) is 6.42 Å². The summed E-state index contributed by atoms with van der Waals surface area (Å²) in [5, 5.41) is 16.8. The largest absolute Gasteiger partial charge is 0.463 e. The third kappa shape index (κ3) is 8.57. The van der Waals surface area contributed by atoms with Gasteiger partial charge in [0.2, 0.25) is 7.37 Å². The van der Waals surface area contributed by atoms with E-state index in [9.17, 15) is 9.36 Å². The minimum atomic E-state index is -2.82. The Hall–Kier alpha value is -0.420. The summed E-state index contributed by atoms with van der Waals surface area (Å²) in [6.45, 7) is 0.926. The first-order valence-corrected chi connectivity index (χ1v) is 6.86. The zero-order valence-corrected chi connectivity index (χ0v) is 9.61. The van der Waals surface area contributed by atoms with Crippen LogP contribution in [0.15, 0.2) is 0 Å². The van der Waals surface area contributed by atoms with E-state index in [0.29, 0.717) is 0 Å². The molecule has 6 nitrogen and oxygen atoms in total. The Balaban J connectivity index is 3.72. The van der Waals surface area contributed by atoms with Crippen molar-refractivity contribution in [2.75, 3.05) is 39.3 Å². The van der Waals surface area contributed by atoms with Gasteiger partial charge in [0.15, 0.2) is 0 Å². The van der Waals surface area contributed by atoms with E-state index in [4.69, 9.17) is 14.7 Å². The molecule has 0 fully saturated rings. The van der Waals surface area contributed by atoms with Crippen molar-refractivity contribution in [2.45, 2.75) is 6.42 Å². The van der Waals surface area contributed by atoms with Crippen molar-refractivity contribution in [1.29, 1.82) is 0 Å². The highest BCUT2D eigenvalue weighted by Gasteiger charge is 2.18. The number of rotatable bonds is 8. The van der Waals surface area contributed by atoms with Gasteiger partial charge in [-0.05, 0) is 0 Å². The highest BCUT2D eigenvalue weighted by molar-refractivity contribution is 7.58. The lowest BCUT2D eigenvalue weighted by atomic mass is 10.5. The normalized spacial score (nSPS) is 14.6.